The van der Waals surface area contributed by atoms with Crippen molar-refractivity contribution in [3.8, 4) is 0 Å². The van der Waals surface area contributed by atoms with Gasteiger partial charge in [0, 0.05) is 11.4 Å². The first-order valence-corrected chi connectivity index (χ1v) is 4.80. The molecule has 0 aliphatic heterocycles. The third kappa shape index (κ3) is 7.44. The molecule has 0 spiro atoms. The summed E-state index contributed by atoms with van der Waals surface area (Å²) in [6.07, 6.45) is 4.41. The van der Waals surface area contributed by atoms with Gasteiger partial charge in [0.05, 0.1) is 0 Å². The lowest BCUT2D eigenvalue weighted by atomic mass is 10.3. The maximum atomic E-state index is 4.34. The Bertz CT molecular complexity index is 230. The van der Waals surface area contributed by atoms with Crippen LogP contribution in [0.4, 0.5) is 0 Å². The van der Waals surface area contributed by atoms with Crippen LogP contribution >= 0.6 is 0 Å². The van der Waals surface area contributed by atoms with E-state index in [0.717, 1.165) is 23.7 Å². The first-order chi connectivity index (χ1) is 6.06. The monoisotopic (exact) mass is 180 g/mol. The summed E-state index contributed by atoms with van der Waals surface area (Å²) in [5.41, 5.74) is 2.11. The first-order valence-electron chi connectivity index (χ1n) is 4.80. The summed E-state index contributed by atoms with van der Waals surface area (Å²) in [7, 11) is 0. The summed E-state index contributed by atoms with van der Waals surface area (Å²) in [6.45, 7) is 10.1. The molecule has 74 valence electrons. The summed E-state index contributed by atoms with van der Waals surface area (Å²) in [5.74, 6) is 0.838. The van der Waals surface area contributed by atoms with Gasteiger partial charge in [0.25, 0.3) is 0 Å². The lowest BCUT2D eigenvalue weighted by Gasteiger charge is -1.95. The zero-order valence-electron chi connectivity index (χ0n) is 9.39. The molecule has 2 heteroatoms. The van der Waals surface area contributed by atoms with Crippen molar-refractivity contribution >= 4 is 11.5 Å². The van der Waals surface area contributed by atoms with Crippen LogP contribution in [0.5, 0.6) is 0 Å². The molecule has 0 unspecified atom stereocenters. The lowest BCUT2D eigenvalue weighted by molar-refractivity contribution is 0.945. The number of nitrogens with zero attached hydrogens (tertiary/aromatic N) is 2. The topological polar surface area (TPSA) is 24.7 Å². The normalized spacial score (nSPS) is 13.0. The summed E-state index contributed by atoms with van der Waals surface area (Å²) >= 11 is 0. The Hall–Kier alpha value is -0.920. The predicted octanol–water partition coefficient (Wildman–Crippen LogP) is 3.59. The van der Waals surface area contributed by atoms with Gasteiger partial charge >= 0.3 is 0 Å². The van der Waals surface area contributed by atoms with Crippen molar-refractivity contribution in [2.24, 2.45) is 9.98 Å². The van der Waals surface area contributed by atoms with Gasteiger partial charge in [0.15, 0.2) is 0 Å². The number of hydrogen-bond donors (Lipinski definition) is 0. The molecule has 0 aliphatic rings. The molecule has 0 N–H and O–H groups in total. The minimum atomic E-state index is 0.838. The first kappa shape index (κ1) is 12.1. The van der Waals surface area contributed by atoms with Gasteiger partial charge < -0.3 is 0 Å². The second kappa shape index (κ2) is 6.58. The second-order valence-electron chi connectivity index (χ2n) is 3.35. The number of allylic oxidation sites excluding steroid dienone is 2. The Morgan fingerprint density at radius 1 is 1.08 bits per heavy atom. The van der Waals surface area contributed by atoms with Crippen LogP contribution in [-0.4, -0.2) is 11.5 Å². The zero-order chi connectivity index (χ0) is 10.3. The van der Waals surface area contributed by atoms with E-state index in [-0.39, 0.29) is 0 Å². The second-order valence-corrected chi connectivity index (χ2v) is 3.35. The minimum absolute atomic E-state index is 0.838. The highest BCUT2D eigenvalue weighted by Crippen LogP contribution is 2.00. The fraction of sp³-hybridized carbons (Fsp3) is 0.636. The van der Waals surface area contributed by atoms with Crippen LogP contribution in [0.1, 0.15) is 47.5 Å². The average molecular weight is 180 g/mol. The highest BCUT2D eigenvalue weighted by atomic mass is 14.9. The molecular formula is C11H20N2. The molecule has 0 aromatic rings. The molecule has 0 aromatic heterocycles. The number of amidine groups is 1. The Kier molecular flexibility index (Phi) is 6.11. The predicted molar refractivity (Wildman–Crippen MR) is 60.6 cm³/mol. The number of unbranched alkanes of at least 4 members (excludes halogenated alkanes) is 1. The van der Waals surface area contributed by atoms with Crippen molar-refractivity contribution in [1.29, 1.82) is 0 Å². The number of rotatable bonds is 3. The zero-order valence-corrected chi connectivity index (χ0v) is 9.39. The van der Waals surface area contributed by atoms with Gasteiger partial charge in [0.2, 0.25) is 0 Å². The number of hydrogen-bond acceptors (Lipinski definition) is 1. The lowest BCUT2D eigenvalue weighted by Crippen LogP contribution is -1.91. The van der Waals surface area contributed by atoms with Gasteiger partial charge in [-0.05, 0) is 34.1 Å². The Labute approximate surface area is 81.5 Å². The number of aliphatic imine (C=N–C) groups is 2. The largest absolute Gasteiger partial charge is 0.243 e. The SMILES string of the molecule is CCC/C=C(\C)N=C(C)N=C(C)C. The molecule has 0 fully saturated rings. The Morgan fingerprint density at radius 3 is 2.15 bits per heavy atom. The molecule has 0 saturated carbocycles. The quantitative estimate of drug-likeness (QED) is 0.468. The van der Waals surface area contributed by atoms with Crippen molar-refractivity contribution in [2.45, 2.75) is 47.5 Å². The molecule has 0 rings (SSSR count). The summed E-state index contributed by atoms with van der Waals surface area (Å²) in [4.78, 5) is 8.60. The Balaban J connectivity index is 4.29. The van der Waals surface area contributed by atoms with Crippen LogP contribution in [0.3, 0.4) is 0 Å². The van der Waals surface area contributed by atoms with E-state index < -0.39 is 0 Å². The molecular weight excluding hydrogens is 160 g/mol. The molecule has 0 saturated heterocycles. The maximum absolute atomic E-state index is 4.34. The van der Waals surface area contributed by atoms with E-state index in [1.807, 2.05) is 27.7 Å². The third-order valence-electron chi connectivity index (χ3n) is 1.45. The molecule has 2 nitrogen and oxygen atoms in total. The van der Waals surface area contributed by atoms with Gasteiger partial charge in [-0.25, -0.2) is 9.98 Å². The van der Waals surface area contributed by atoms with Gasteiger partial charge in [0.1, 0.15) is 5.84 Å². The molecule has 0 heterocycles. The average Bonchev–Trinajstić information content (AvgIpc) is 1.98. The van der Waals surface area contributed by atoms with E-state index in [1.165, 1.54) is 6.42 Å². The molecule has 0 aliphatic carbocycles. The molecule has 0 amide bonds. The van der Waals surface area contributed by atoms with Gasteiger partial charge in [-0.1, -0.05) is 19.4 Å². The van der Waals surface area contributed by atoms with Crippen LogP contribution in [-0.2, 0) is 0 Å². The van der Waals surface area contributed by atoms with Crippen LogP contribution in [0.15, 0.2) is 21.8 Å². The van der Waals surface area contributed by atoms with E-state index in [2.05, 4.69) is 23.0 Å². The van der Waals surface area contributed by atoms with E-state index >= 15 is 0 Å². The molecule has 0 bridgehead atoms. The van der Waals surface area contributed by atoms with Crippen LogP contribution in [0.25, 0.3) is 0 Å². The van der Waals surface area contributed by atoms with Gasteiger partial charge in [-0.15, -0.1) is 0 Å². The van der Waals surface area contributed by atoms with Gasteiger partial charge in [-0.2, -0.15) is 0 Å². The standard InChI is InChI=1S/C11H20N2/c1-6-7-8-10(4)13-11(5)12-9(2)3/h8H,6-7H2,1-5H3/b10-8+,13-11?. The Morgan fingerprint density at radius 2 is 1.69 bits per heavy atom. The summed E-state index contributed by atoms with van der Waals surface area (Å²) in [5, 5.41) is 0. The fourth-order valence-corrected chi connectivity index (χ4v) is 1.00. The highest BCUT2D eigenvalue weighted by molar-refractivity contribution is 5.94. The van der Waals surface area contributed by atoms with Crippen LogP contribution in [0.2, 0.25) is 0 Å². The molecule has 0 aromatic carbocycles. The van der Waals surface area contributed by atoms with E-state index in [0.29, 0.717) is 0 Å². The molecule has 0 radical (unpaired) electrons. The van der Waals surface area contributed by atoms with Crippen LogP contribution < -0.4 is 0 Å². The highest BCUT2D eigenvalue weighted by Gasteiger charge is 1.88. The summed E-state index contributed by atoms with van der Waals surface area (Å²) < 4.78 is 0. The molecule has 13 heavy (non-hydrogen) atoms. The van der Waals surface area contributed by atoms with E-state index in [1.54, 1.807) is 0 Å². The van der Waals surface area contributed by atoms with Crippen molar-refractivity contribution in [3.05, 3.63) is 11.8 Å². The summed E-state index contributed by atoms with van der Waals surface area (Å²) in [6, 6.07) is 0. The van der Waals surface area contributed by atoms with Crippen molar-refractivity contribution in [3.63, 3.8) is 0 Å². The maximum Gasteiger partial charge on any atom is 0.125 e. The van der Waals surface area contributed by atoms with E-state index in [4.69, 9.17) is 0 Å². The van der Waals surface area contributed by atoms with Gasteiger partial charge in [-0.3, -0.25) is 0 Å². The van der Waals surface area contributed by atoms with Crippen molar-refractivity contribution in [2.75, 3.05) is 0 Å². The van der Waals surface area contributed by atoms with Crippen molar-refractivity contribution in [1.82, 2.24) is 0 Å². The fourth-order valence-electron chi connectivity index (χ4n) is 1.00. The van der Waals surface area contributed by atoms with Crippen LogP contribution in [0, 0.1) is 0 Å². The molecule has 0 atom stereocenters. The smallest absolute Gasteiger partial charge is 0.125 e. The third-order valence-corrected chi connectivity index (χ3v) is 1.45. The van der Waals surface area contributed by atoms with Crippen molar-refractivity contribution < 1.29 is 0 Å². The van der Waals surface area contributed by atoms with E-state index in [9.17, 15) is 0 Å². The minimum Gasteiger partial charge on any atom is -0.243 e.